The Morgan fingerprint density at radius 1 is 1.08 bits per heavy atom. The van der Waals surface area contributed by atoms with Crippen LogP contribution in [0, 0.1) is 0 Å². The largest absolute Gasteiger partial charge is 0.574 e. The van der Waals surface area contributed by atoms with E-state index in [2.05, 4.69) is 30.0 Å². The molecule has 0 atom stereocenters. The summed E-state index contributed by atoms with van der Waals surface area (Å²) in [7, 11) is 0. The molecule has 0 aromatic carbocycles. The van der Waals surface area contributed by atoms with Gasteiger partial charge in [-0.15, -0.1) is 13.2 Å². The lowest BCUT2D eigenvalue weighted by Gasteiger charge is -2.13. The van der Waals surface area contributed by atoms with Crippen molar-refractivity contribution in [2.24, 2.45) is 4.99 Å². The fourth-order valence-corrected chi connectivity index (χ4v) is 2.11. The summed E-state index contributed by atoms with van der Waals surface area (Å²) >= 11 is 0. The molecule has 0 fully saturated rings. The van der Waals surface area contributed by atoms with Gasteiger partial charge in [-0.3, -0.25) is 9.98 Å². The highest BCUT2D eigenvalue weighted by atomic mass is 19.4. The molecule has 1 aliphatic rings. The zero-order valence-corrected chi connectivity index (χ0v) is 12.3. The number of anilines is 2. The van der Waals surface area contributed by atoms with Crippen LogP contribution < -0.4 is 10.1 Å². The number of aliphatic imine (C=N–C) groups is 1. The molecule has 0 bridgehead atoms. The van der Waals surface area contributed by atoms with Crippen molar-refractivity contribution in [3.63, 3.8) is 0 Å². The summed E-state index contributed by atoms with van der Waals surface area (Å²) in [6.07, 6.45) is 3.96. The van der Waals surface area contributed by atoms with Crippen LogP contribution in [0.3, 0.4) is 0 Å². The summed E-state index contributed by atoms with van der Waals surface area (Å²) in [6, 6.07) is 2.54. The minimum Gasteiger partial charge on any atom is -0.388 e. The highest BCUT2D eigenvalue weighted by molar-refractivity contribution is 5.84. The molecule has 0 unspecified atom stereocenters. The first kappa shape index (κ1) is 15.9. The standard InChI is InChI=1S/C15H12F3N5O/c16-15(17,18)24-12-2-1-11(9-22-12)23-14-13(20-7-8-21-14)10-3-5-19-6-4-10/h1-3,6-9H,4-5H2,(H,21,23). The number of rotatable bonds is 4. The van der Waals surface area contributed by atoms with Gasteiger partial charge in [0.25, 0.3) is 0 Å². The quantitative estimate of drug-likeness (QED) is 0.927. The maximum absolute atomic E-state index is 12.1. The number of aromatic nitrogens is 3. The molecule has 2 aromatic rings. The van der Waals surface area contributed by atoms with Crippen molar-refractivity contribution in [2.75, 3.05) is 11.9 Å². The summed E-state index contributed by atoms with van der Waals surface area (Å²) in [4.78, 5) is 16.3. The molecule has 6 nitrogen and oxygen atoms in total. The first-order chi connectivity index (χ1) is 11.5. The van der Waals surface area contributed by atoms with E-state index in [1.807, 2.05) is 6.08 Å². The van der Waals surface area contributed by atoms with E-state index in [1.165, 1.54) is 18.5 Å². The molecule has 9 heteroatoms. The van der Waals surface area contributed by atoms with Gasteiger partial charge in [0.05, 0.1) is 18.4 Å². The summed E-state index contributed by atoms with van der Waals surface area (Å²) in [5.41, 5.74) is 2.11. The van der Waals surface area contributed by atoms with Crippen molar-refractivity contribution in [2.45, 2.75) is 12.8 Å². The van der Waals surface area contributed by atoms with Crippen LogP contribution in [-0.4, -0.2) is 34.1 Å². The van der Waals surface area contributed by atoms with Crippen LogP contribution in [0.2, 0.25) is 0 Å². The number of allylic oxidation sites excluding steroid dienone is 1. The molecule has 0 saturated heterocycles. The Labute approximate surface area is 135 Å². The van der Waals surface area contributed by atoms with E-state index in [-0.39, 0.29) is 0 Å². The Morgan fingerprint density at radius 3 is 2.58 bits per heavy atom. The lowest BCUT2D eigenvalue weighted by molar-refractivity contribution is -0.276. The van der Waals surface area contributed by atoms with Gasteiger partial charge in [0, 0.05) is 31.1 Å². The molecule has 1 aliphatic heterocycles. The van der Waals surface area contributed by atoms with E-state index in [0.29, 0.717) is 30.2 Å². The van der Waals surface area contributed by atoms with Gasteiger partial charge in [-0.2, -0.15) is 0 Å². The Bertz CT molecular complexity index is 771. The van der Waals surface area contributed by atoms with Crippen LogP contribution in [0.25, 0.3) is 5.57 Å². The van der Waals surface area contributed by atoms with Crippen molar-refractivity contribution in [1.82, 2.24) is 15.0 Å². The topological polar surface area (TPSA) is 72.3 Å². The van der Waals surface area contributed by atoms with Crippen LogP contribution in [0.5, 0.6) is 5.88 Å². The van der Waals surface area contributed by atoms with Crippen LogP contribution in [-0.2, 0) is 0 Å². The lowest BCUT2D eigenvalue weighted by atomic mass is 10.1. The van der Waals surface area contributed by atoms with Crippen LogP contribution in [0.1, 0.15) is 12.1 Å². The molecule has 0 spiro atoms. The number of alkyl halides is 3. The molecule has 3 rings (SSSR count). The van der Waals surface area contributed by atoms with Crippen molar-refractivity contribution in [3.8, 4) is 5.88 Å². The lowest BCUT2D eigenvalue weighted by Crippen LogP contribution is -2.17. The van der Waals surface area contributed by atoms with Gasteiger partial charge in [0.2, 0.25) is 5.88 Å². The monoisotopic (exact) mass is 335 g/mol. The van der Waals surface area contributed by atoms with Crippen molar-refractivity contribution < 1.29 is 17.9 Å². The Morgan fingerprint density at radius 2 is 1.92 bits per heavy atom. The van der Waals surface area contributed by atoms with E-state index >= 15 is 0 Å². The fourth-order valence-electron chi connectivity index (χ4n) is 2.11. The Hall–Kier alpha value is -2.97. The van der Waals surface area contributed by atoms with Crippen LogP contribution in [0.15, 0.2) is 41.8 Å². The van der Waals surface area contributed by atoms with Gasteiger partial charge >= 0.3 is 6.36 Å². The molecule has 0 aliphatic carbocycles. The maximum Gasteiger partial charge on any atom is 0.574 e. The highest BCUT2D eigenvalue weighted by Crippen LogP contribution is 2.26. The third-order valence-electron chi connectivity index (χ3n) is 3.11. The van der Waals surface area contributed by atoms with Gasteiger partial charge in [0.1, 0.15) is 5.69 Å². The predicted molar refractivity (Wildman–Crippen MR) is 82.2 cm³/mol. The smallest absolute Gasteiger partial charge is 0.388 e. The van der Waals surface area contributed by atoms with Crippen molar-refractivity contribution in [3.05, 3.63) is 42.5 Å². The molecule has 0 saturated carbocycles. The second-order valence-electron chi connectivity index (χ2n) is 4.79. The molecular weight excluding hydrogens is 323 g/mol. The minimum atomic E-state index is -4.77. The summed E-state index contributed by atoms with van der Waals surface area (Å²) in [6.45, 7) is 0.580. The van der Waals surface area contributed by atoms with Gasteiger partial charge in [-0.25, -0.2) is 9.97 Å². The third-order valence-corrected chi connectivity index (χ3v) is 3.11. The fraction of sp³-hybridized carbons (Fsp3) is 0.200. The second kappa shape index (κ2) is 6.65. The zero-order chi connectivity index (χ0) is 17.0. The molecular formula is C15H12F3N5O. The number of hydrogen-bond acceptors (Lipinski definition) is 6. The molecule has 3 heterocycles. The van der Waals surface area contributed by atoms with E-state index in [0.717, 1.165) is 11.6 Å². The van der Waals surface area contributed by atoms with Crippen molar-refractivity contribution in [1.29, 1.82) is 0 Å². The average Bonchev–Trinajstić information content (AvgIpc) is 2.57. The number of halogens is 3. The third kappa shape index (κ3) is 4.06. The highest BCUT2D eigenvalue weighted by Gasteiger charge is 2.31. The van der Waals surface area contributed by atoms with Gasteiger partial charge in [-0.05, 0) is 11.6 Å². The van der Waals surface area contributed by atoms with E-state index < -0.39 is 12.2 Å². The Balaban J connectivity index is 1.78. The molecule has 0 amide bonds. The Kier molecular flexibility index (Phi) is 4.41. The normalized spacial score (nSPS) is 14.2. The molecule has 124 valence electrons. The molecule has 2 aromatic heterocycles. The number of dihydropyridines is 1. The summed E-state index contributed by atoms with van der Waals surface area (Å²) in [5.74, 6) is -0.0380. The van der Waals surface area contributed by atoms with Crippen LogP contribution in [0.4, 0.5) is 24.7 Å². The van der Waals surface area contributed by atoms with Gasteiger partial charge in [0.15, 0.2) is 5.82 Å². The number of nitrogens with one attached hydrogen (secondary N) is 1. The van der Waals surface area contributed by atoms with Crippen LogP contribution >= 0.6 is 0 Å². The average molecular weight is 335 g/mol. The minimum absolute atomic E-state index is 0.469. The second-order valence-corrected chi connectivity index (χ2v) is 4.79. The maximum atomic E-state index is 12.1. The number of pyridine rings is 1. The number of hydrogen-bond donors (Lipinski definition) is 1. The predicted octanol–water partition coefficient (Wildman–Crippen LogP) is 3.37. The first-order valence-corrected chi connectivity index (χ1v) is 6.99. The summed E-state index contributed by atoms with van der Waals surface area (Å²) < 4.78 is 40.1. The molecule has 0 radical (unpaired) electrons. The van der Waals surface area contributed by atoms with E-state index in [4.69, 9.17) is 0 Å². The first-order valence-electron chi connectivity index (χ1n) is 6.99. The summed E-state index contributed by atoms with van der Waals surface area (Å²) in [5, 5.41) is 3.00. The number of nitrogens with zero attached hydrogens (tertiary/aromatic N) is 4. The molecule has 1 N–H and O–H groups in total. The SMILES string of the molecule is FC(F)(F)Oc1ccc(Nc2nccnc2C2=CCN=CC2)cn1. The van der Waals surface area contributed by atoms with E-state index in [9.17, 15) is 13.2 Å². The van der Waals surface area contributed by atoms with E-state index in [1.54, 1.807) is 12.4 Å². The van der Waals surface area contributed by atoms with Gasteiger partial charge < -0.3 is 10.1 Å². The molecule has 24 heavy (non-hydrogen) atoms. The van der Waals surface area contributed by atoms with Gasteiger partial charge in [-0.1, -0.05) is 6.08 Å². The zero-order valence-electron chi connectivity index (χ0n) is 12.3. The number of ether oxygens (including phenoxy) is 1. The van der Waals surface area contributed by atoms with Crippen molar-refractivity contribution >= 4 is 23.3 Å².